The number of aromatic nitrogens is 1. The molecule has 0 saturated heterocycles. The van der Waals surface area contributed by atoms with Crippen LogP contribution in [0, 0.1) is 13.8 Å². The van der Waals surface area contributed by atoms with Crippen LogP contribution in [0.3, 0.4) is 0 Å². The van der Waals surface area contributed by atoms with Gasteiger partial charge in [0, 0.05) is 11.4 Å². The summed E-state index contributed by atoms with van der Waals surface area (Å²) in [6, 6.07) is 20.7. The third-order valence-electron chi connectivity index (χ3n) is 6.29. The Labute approximate surface area is 199 Å². The third kappa shape index (κ3) is 5.55. The molecular weight excluding hydrogens is 430 g/mol. The van der Waals surface area contributed by atoms with E-state index in [0.29, 0.717) is 13.0 Å². The van der Waals surface area contributed by atoms with Gasteiger partial charge in [-0.1, -0.05) is 54.6 Å². The molecule has 1 heterocycles. The first-order valence-corrected chi connectivity index (χ1v) is 11.5. The molecule has 2 amide bonds. The summed E-state index contributed by atoms with van der Waals surface area (Å²) in [5.41, 5.74) is 5.06. The van der Waals surface area contributed by atoms with Crippen molar-refractivity contribution in [3.05, 3.63) is 94.8 Å². The Morgan fingerprint density at radius 1 is 1.00 bits per heavy atom. The van der Waals surface area contributed by atoms with Gasteiger partial charge in [0.25, 0.3) is 5.91 Å². The molecule has 178 valence electrons. The molecule has 1 aliphatic rings. The Morgan fingerprint density at radius 3 is 2.41 bits per heavy atom. The number of carbonyl (C=O) groups is 2. The van der Waals surface area contributed by atoms with Gasteiger partial charge in [0.15, 0.2) is 6.10 Å². The number of nitrogens with one attached hydrogen (secondary N) is 2. The summed E-state index contributed by atoms with van der Waals surface area (Å²) in [5, 5.41) is 16.4. The first-order chi connectivity index (χ1) is 16.4. The number of fused-ring (bicyclic) bond motifs is 1. The van der Waals surface area contributed by atoms with Crippen molar-refractivity contribution in [2.45, 2.75) is 51.6 Å². The van der Waals surface area contributed by atoms with E-state index in [9.17, 15) is 14.7 Å². The van der Waals surface area contributed by atoms with E-state index in [1.807, 2.05) is 85.1 Å². The molecule has 2 aromatic carbocycles. The van der Waals surface area contributed by atoms with Crippen LogP contribution in [0.25, 0.3) is 0 Å². The van der Waals surface area contributed by atoms with E-state index < -0.39 is 12.0 Å². The van der Waals surface area contributed by atoms with Crippen LogP contribution in [0.15, 0.2) is 66.7 Å². The Bertz CT molecular complexity index is 1120. The zero-order chi connectivity index (χ0) is 24.1. The van der Waals surface area contributed by atoms with Crippen molar-refractivity contribution in [2.24, 2.45) is 0 Å². The highest BCUT2D eigenvalue weighted by Gasteiger charge is 2.35. The van der Waals surface area contributed by atoms with Gasteiger partial charge in [0.2, 0.25) is 5.91 Å². The second-order valence-electron chi connectivity index (χ2n) is 8.78. The monoisotopic (exact) mass is 461 g/mol. The fourth-order valence-corrected chi connectivity index (χ4v) is 4.44. The standard InChI is InChI=1S/C27H31N3O4/c1-18-12-13-19(2)30(18)15-25(32)29-26-22-11-7-6-10-21(22)14-23(26)28-27(33)24(31)17-34-16-20-8-4-3-5-9-20/h3-13,23-24,26,31H,14-17H2,1-2H3,(H,28,33)(H,29,32)/t23-,24+,26-/m1/s1. The van der Waals surface area contributed by atoms with Crippen molar-refractivity contribution in [2.75, 3.05) is 6.61 Å². The van der Waals surface area contributed by atoms with Gasteiger partial charge < -0.3 is 25.0 Å². The molecule has 1 aliphatic carbocycles. The van der Waals surface area contributed by atoms with Crippen LogP contribution >= 0.6 is 0 Å². The highest BCUT2D eigenvalue weighted by Crippen LogP contribution is 2.31. The van der Waals surface area contributed by atoms with Gasteiger partial charge >= 0.3 is 0 Å². The Balaban J connectivity index is 1.37. The summed E-state index contributed by atoms with van der Waals surface area (Å²) in [5.74, 6) is -0.641. The van der Waals surface area contributed by atoms with E-state index in [2.05, 4.69) is 10.6 Å². The lowest BCUT2D eigenvalue weighted by Gasteiger charge is -2.25. The van der Waals surface area contributed by atoms with E-state index >= 15 is 0 Å². The number of ether oxygens (including phenoxy) is 1. The molecule has 0 bridgehead atoms. The Hall–Kier alpha value is -3.42. The smallest absolute Gasteiger partial charge is 0.251 e. The number of amides is 2. The molecule has 1 aromatic heterocycles. The van der Waals surface area contributed by atoms with Gasteiger partial charge in [-0.05, 0) is 49.1 Å². The molecule has 0 aliphatic heterocycles. The van der Waals surface area contributed by atoms with Crippen LogP contribution in [-0.2, 0) is 33.9 Å². The van der Waals surface area contributed by atoms with Crippen molar-refractivity contribution < 1.29 is 19.4 Å². The minimum atomic E-state index is -1.30. The number of aryl methyl sites for hydroxylation is 2. The minimum Gasteiger partial charge on any atom is -0.381 e. The Morgan fingerprint density at radius 2 is 1.68 bits per heavy atom. The fraction of sp³-hybridized carbons (Fsp3) is 0.333. The van der Waals surface area contributed by atoms with E-state index in [0.717, 1.165) is 28.1 Å². The molecular formula is C27H31N3O4. The number of nitrogens with zero attached hydrogens (tertiary/aromatic N) is 1. The molecule has 7 nitrogen and oxygen atoms in total. The normalized spacial score (nSPS) is 17.7. The van der Waals surface area contributed by atoms with Crippen molar-refractivity contribution in [1.29, 1.82) is 0 Å². The van der Waals surface area contributed by atoms with Gasteiger partial charge in [-0.25, -0.2) is 0 Å². The highest BCUT2D eigenvalue weighted by molar-refractivity contribution is 5.81. The predicted octanol–water partition coefficient (Wildman–Crippen LogP) is 2.58. The molecule has 0 spiro atoms. The summed E-state index contributed by atoms with van der Waals surface area (Å²) in [6.07, 6.45) is -0.722. The maximum absolute atomic E-state index is 12.9. The van der Waals surface area contributed by atoms with Gasteiger partial charge in [-0.15, -0.1) is 0 Å². The number of benzene rings is 2. The number of carbonyl (C=O) groups excluding carboxylic acids is 2. The molecule has 3 N–H and O–H groups in total. The summed E-state index contributed by atoms with van der Waals surface area (Å²) < 4.78 is 7.47. The molecule has 4 rings (SSSR count). The average molecular weight is 462 g/mol. The van der Waals surface area contributed by atoms with Crippen molar-refractivity contribution >= 4 is 11.8 Å². The van der Waals surface area contributed by atoms with Crippen LogP contribution in [0.2, 0.25) is 0 Å². The van der Waals surface area contributed by atoms with Crippen molar-refractivity contribution in [3.63, 3.8) is 0 Å². The zero-order valence-corrected chi connectivity index (χ0v) is 19.5. The van der Waals surface area contributed by atoms with E-state index in [4.69, 9.17) is 4.74 Å². The number of hydrogen-bond acceptors (Lipinski definition) is 4. The first kappa shape index (κ1) is 23.7. The van der Waals surface area contributed by atoms with Gasteiger partial charge in [-0.2, -0.15) is 0 Å². The molecule has 0 radical (unpaired) electrons. The predicted molar refractivity (Wildman–Crippen MR) is 129 cm³/mol. The lowest BCUT2D eigenvalue weighted by molar-refractivity contribution is -0.134. The first-order valence-electron chi connectivity index (χ1n) is 11.5. The summed E-state index contributed by atoms with van der Waals surface area (Å²) in [7, 11) is 0. The number of hydrogen-bond donors (Lipinski definition) is 3. The van der Waals surface area contributed by atoms with Gasteiger partial charge in [0.05, 0.1) is 25.3 Å². The van der Waals surface area contributed by atoms with E-state index in [1.54, 1.807) is 0 Å². The summed E-state index contributed by atoms with van der Waals surface area (Å²) in [6.45, 7) is 4.35. The topological polar surface area (TPSA) is 92.6 Å². The van der Waals surface area contributed by atoms with E-state index in [-0.39, 0.29) is 31.1 Å². The maximum Gasteiger partial charge on any atom is 0.251 e. The van der Waals surface area contributed by atoms with Crippen molar-refractivity contribution in [1.82, 2.24) is 15.2 Å². The van der Waals surface area contributed by atoms with Crippen LogP contribution < -0.4 is 10.6 Å². The van der Waals surface area contributed by atoms with Gasteiger partial charge in [-0.3, -0.25) is 9.59 Å². The largest absolute Gasteiger partial charge is 0.381 e. The fourth-order valence-electron chi connectivity index (χ4n) is 4.44. The lowest BCUT2D eigenvalue weighted by atomic mass is 10.1. The maximum atomic E-state index is 12.9. The molecule has 3 atom stereocenters. The SMILES string of the molecule is Cc1ccc(C)n1CC(=O)N[C@@H]1c2ccccc2C[C@H]1NC(=O)[C@@H](O)COCc1ccccc1. The number of rotatable bonds is 9. The van der Waals surface area contributed by atoms with Gasteiger partial charge in [0.1, 0.15) is 6.54 Å². The van der Waals surface area contributed by atoms with Crippen LogP contribution in [-0.4, -0.2) is 40.2 Å². The summed E-state index contributed by atoms with van der Waals surface area (Å²) in [4.78, 5) is 25.6. The lowest BCUT2D eigenvalue weighted by Crippen LogP contribution is -2.49. The second kappa shape index (κ2) is 10.7. The molecule has 0 fully saturated rings. The number of aliphatic hydroxyl groups excluding tert-OH is 1. The van der Waals surface area contributed by atoms with E-state index in [1.165, 1.54) is 0 Å². The average Bonchev–Trinajstić information content (AvgIpc) is 3.33. The number of aliphatic hydroxyl groups is 1. The van der Waals surface area contributed by atoms with Crippen molar-refractivity contribution in [3.8, 4) is 0 Å². The molecule has 7 heteroatoms. The molecule has 0 saturated carbocycles. The van der Waals surface area contributed by atoms with Crippen LogP contribution in [0.1, 0.15) is 34.1 Å². The third-order valence-corrected chi connectivity index (χ3v) is 6.29. The molecule has 0 unspecified atom stereocenters. The second-order valence-corrected chi connectivity index (χ2v) is 8.78. The highest BCUT2D eigenvalue weighted by atomic mass is 16.5. The molecule has 3 aromatic rings. The quantitative estimate of drug-likeness (QED) is 0.457. The molecule has 34 heavy (non-hydrogen) atoms. The minimum absolute atomic E-state index is 0.108. The summed E-state index contributed by atoms with van der Waals surface area (Å²) >= 11 is 0. The Kier molecular flexibility index (Phi) is 7.45. The van der Waals surface area contributed by atoms with Crippen LogP contribution in [0.4, 0.5) is 0 Å². The van der Waals surface area contributed by atoms with Crippen LogP contribution in [0.5, 0.6) is 0 Å². The zero-order valence-electron chi connectivity index (χ0n) is 19.5.